The molecule has 1 saturated heterocycles. The van der Waals surface area contributed by atoms with Crippen LogP contribution in [0.15, 0.2) is 28.7 Å². The van der Waals surface area contributed by atoms with E-state index in [0.29, 0.717) is 5.25 Å². The van der Waals surface area contributed by atoms with Crippen LogP contribution in [0.25, 0.3) is 0 Å². The Hall–Kier alpha value is 0.360. The molecular weight excluding hydrogens is 304 g/mol. The van der Waals surface area contributed by atoms with Crippen molar-refractivity contribution >= 4 is 39.5 Å². The van der Waals surface area contributed by atoms with E-state index in [-0.39, 0.29) is 6.10 Å². The summed E-state index contributed by atoms with van der Waals surface area (Å²) >= 11 is 7.32. The third-order valence-electron chi connectivity index (χ3n) is 2.60. The second-order valence-corrected chi connectivity index (χ2v) is 7.30. The number of thioether (sulfide) groups is 2. The molecule has 2 unspecified atom stereocenters. The summed E-state index contributed by atoms with van der Waals surface area (Å²) < 4.78 is 1.09. The number of halogens is 1. The molecule has 1 aliphatic rings. The zero-order valence-corrected chi connectivity index (χ0v) is 12.2. The van der Waals surface area contributed by atoms with Gasteiger partial charge in [0.05, 0.1) is 6.10 Å². The summed E-state index contributed by atoms with van der Waals surface area (Å²) in [6.07, 6.45) is 0.546. The first kappa shape index (κ1) is 12.8. The maximum Gasteiger partial charge on any atom is 0.0707 e. The van der Waals surface area contributed by atoms with Gasteiger partial charge in [-0.05, 0) is 24.1 Å². The standard InChI is InChI=1S/C12H15BrOS2/c13-10-3-1-2-9(6-10)7-11(14)12-8-15-4-5-16-12/h1-3,6,11-12,14H,4-5,7-8H2. The van der Waals surface area contributed by atoms with E-state index in [2.05, 4.69) is 28.1 Å². The van der Waals surface area contributed by atoms with E-state index in [1.807, 2.05) is 35.7 Å². The predicted molar refractivity (Wildman–Crippen MR) is 77.4 cm³/mol. The molecule has 0 saturated carbocycles. The zero-order valence-electron chi connectivity index (χ0n) is 8.93. The maximum absolute atomic E-state index is 10.2. The summed E-state index contributed by atoms with van der Waals surface area (Å²) in [5, 5.41) is 10.6. The summed E-state index contributed by atoms with van der Waals surface area (Å²) in [4.78, 5) is 0. The molecule has 2 atom stereocenters. The lowest BCUT2D eigenvalue weighted by molar-refractivity contribution is 0.177. The summed E-state index contributed by atoms with van der Waals surface area (Å²) in [5.41, 5.74) is 1.21. The van der Waals surface area contributed by atoms with Crippen molar-refractivity contribution in [2.24, 2.45) is 0 Å². The van der Waals surface area contributed by atoms with Crippen LogP contribution < -0.4 is 0 Å². The molecule has 4 heteroatoms. The normalized spacial score (nSPS) is 23.0. The first-order valence-electron chi connectivity index (χ1n) is 5.37. The van der Waals surface area contributed by atoms with E-state index >= 15 is 0 Å². The molecule has 2 rings (SSSR count). The minimum Gasteiger partial charge on any atom is -0.392 e. The minimum atomic E-state index is -0.216. The van der Waals surface area contributed by atoms with Gasteiger partial charge in [0, 0.05) is 27.0 Å². The molecule has 1 heterocycles. The summed E-state index contributed by atoms with van der Waals surface area (Å²) in [6.45, 7) is 0. The van der Waals surface area contributed by atoms with Gasteiger partial charge in [0.25, 0.3) is 0 Å². The number of aliphatic hydroxyl groups excluding tert-OH is 1. The van der Waals surface area contributed by atoms with Crippen LogP contribution >= 0.6 is 39.5 Å². The van der Waals surface area contributed by atoms with E-state index < -0.39 is 0 Å². The third-order valence-corrected chi connectivity index (χ3v) is 6.00. The highest BCUT2D eigenvalue weighted by Crippen LogP contribution is 2.28. The molecule has 88 valence electrons. The van der Waals surface area contributed by atoms with Crippen LogP contribution in [0.3, 0.4) is 0 Å². The van der Waals surface area contributed by atoms with Crippen molar-refractivity contribution in [3.63, 3.8) is 0 Å². The Morgan fingerprint density at radius 2 is 2.31 bits per heavy atom. The van der Waals surface area contributed by atoms with E-state index in [1.54, 1.807) is 0 Å². The van der Waals surface area contributed by atoms with Crippen molar-refractivity contribution in [1.29, 1.82) is 0 Å². The molecule has 1 aliphatic heterocycles. The molecule has 0 bridgehead atoms. The molecule has 0 radical (unpaired) electrons. The quantitative estimate of drug-likeness (QED) is 0.924. The smallest absolute Gasteiger partial charge is 0.0707 e. The highest BCUT2D eigenvalue weighted by molar-refractivity contribution is 9.10. The first-order chi connectivity index (χ1) is 7.75. The second-order valence-electron chi connectivity index (χ2n) is 3.89. The van der Waals surface area contributed by atoms with Gasteiger partial charge in [-0.1, -0.05) is 28.1 Å². The minimum absolute atomic E-state index is 0.216. The summed E-state index contributed by atoms with van der Waals surface area (Å²) in [7, 11) is 0. The molecule has 1 N–H and O–H groups in total. The Balaban J connectivity index is 1.93. The van der Waals surface area contributed by atoms with E-state index in [0.717, 1.165) is 16.6 Å². The van der Waals surface area contributed by atoms with Crippen molar-refractivity contribution < 1.29 is 5.11 Å². The molecule has 1 nitrogen and oxygen atoms in total. The molecule has 1 aromatic rings. The van der Waals surface area contributed by atoms with Gasteiger partial charge in [-0.2, -0.15) is 23.5 Å². The predicted octanol–water partition coefficient (Wildman–Crippen LogP) is 3.20. The Kier molecular flexibility index (Phi) is 5.07. The largest absolute Gasteiger partial charge is 0.392 e. The van der Waals surface area contributed by atoms with Gasteiger partial charge in [0.2, 0.25) is 0 Å². The molecule has 0 aliphatic carbocycles. The molecule has 0 amide bonds. The molecule has 0 aromatic heterocycles. The number of rotatable bonds is 3. The fraction of sp³-hybridized carbons (Fsp3) is 0.500. The summed E-state index contributed by atoms with van der Waals surface area (Å²) in [5.74, 6) is 3.48. The van der Waals surface area contributed by atoms with Gasteiger partial charge in [-0.15, -0.1) is 0 Å². The highest BCUT2D eigenvalue weighted by Gasteiger charge is 2.22. The number of benzene rings is 1. The molecule has 16 heavy (non-hydrogen) atoms. The van der Waals surface area contributed by atoms with Gasteiger partial charge in [-0.25, -0.2) is 0 Å². The number of hydrogen-bond acceptors (Lipinski definition) is 3. The van der Waals surface area contributed by atoms with Crippen molar-refractivity contribution in [2.75, 3.05) is 17.3 Å². The topological polar surface area (TPSA) is 20.2 Å². The Morgan fingerprint density at radius 3 is 3.00 bits per heavy atom. The van der Waals surface area contributed by atoms with E-state index in [4.69, 9.17) is 0 Å². The van der Waals surface area contributed by atoms with Crippen LogP contribution in [0, 0.1) is 0 Å². The van der Waals surface area contributed by atoms with Crippen LogP contribution in [0.4, 0.5) is 0 Å². The van der Waals surface area contributed by atoms with Crippen molar-refractivity contribution in [1.82, 2.24) is 0 Å². The van der Waals surface area contributed by atoms with Crippen molar-refractivity contribution in [2.45, 2.75) is 17.8 Å². The fourth-order valence-corrected chi connectivity index (χ4v) is 4.98. The van der Waals surface area contributed by atoms with Crippen LogP contribution in [-0.4, -0.2) is 33.7 Å². The Bertz CT molecular complexity index is 340. The van der Waals surface area contributed by atoms with Crippen LogP contribution in [0.2, 0.25) is 0 Å². The van der Waals surface area contributed by atoms with Crippen molar-refractivity contribution in [3.05, 3.63) is 34.3 Å². The lowest BCUT2D eigenvalue weighted by atomic mass is 10.1. The van der Waals surface area contributed by atoms with E-state index in [1.165, 1.54) is 17.1 Å². The highest BCUT2D eigenvalue weighted by atomic mass is 79.9. The monoisotopic (exact) mass is 318 g/mol. The van der Waals surface area contributed by atoms with Crippen molar-refractivity contribution in [3.8, 4) is 0 Å². The molecule has 1 aromatic carbocycles. The van der Waals surface area contributed by atoms with E-state index in [9.17, 15) is 5.11 Å². The lowest BCUT2D eigenvalue weighted by Crippen LogP contribution is -2.30. The molecular formula is C12H15BrOS2. The van der Waals surface area contributed by atoms with Gasteiger partial charge >= 0.3 is 0 Å². The molecule has 0 spiro atoms. The maximum atomic E-state index is 10.2. The van der Waals surface area contributed by atoms with Crippen LogP contribution in [-0.2, 0) is 6.42 Å². The number of hydrogen-bond donors (Lipinski definition) is 1. The third kappa shape index (κ3) is 3.69. The van der Waals surface area contributed by atoms with Gasteiger partial charge < -0.3 is 5.11 Å². The van der Waals surface area contributed by atoms with Crippen LogP contribution in [0.5, 0.6) is 0 Å². The fourth-order valence-electron chi connectivity index (χ4n) is 1.77. The van der Waals surface area contributed by atoms with Crippen LogP contribution in [0.1, 0.15) is 5.56 Å². The first-order valence-corrected chi connectivity index (χ1v) is 8.37. The van der Waals surface area contributed by atoms with Gasteiger partial charge in [0.15, 0.2) is 0 Å². The molecule has 1 fully saturated rings. The average molecular weight is 319 g/mol. The van der Waals surface area contributed by atoms with Gasteiger partial charge in [-0.3, -0.25) is 0 Å². The zero-order chi connectivity index (χ0) is 11.4. The second kappa shape index (κ2) is 6.34. The lowest BCUT2D eigenvalue weighted by Gasteiger charge is -2.25. The SMILES string of the molecule is OC(Cc1cccc(Br)c1)C1CSCCS1. The Morgan fingerprint density at radius 1 is 1.44 bits per heavy atom. The average Bonchev–Trinajstić information content (AvgIpc) is 2.30. The summed E-state index contributed by atoms with van der Waals surface area (Å²) in [6, 6.07) is 8.20. The van der Waals surface area contributed by atoms with Gasteiger partial charge in [0.1, 0.15) is 0 Å². The Labute approximate surface area is 114 Å². The number of aliphatic hydroxyl groups is 1.